The Bertz CT molecular complexity index is 242. The molecule has 70 valence electrons. The molecular weight excluding hydrogens is 162 g/mol. The zero-order chi connectivity index (χ0) is 8.93. The van der Waals surface area contributed by atoms with Crippen LogP contribution in [0.25, 0.3) is 0 Å². The summed E-state index contributed by atoms with van der Waals surface area (Å²) in [6.45, 7) is 2.21. The van der Waals surface area contributed by atoms with Crippen molar-refractivity contribution in [3.05, 3.63) is 24.4 Å². The molecule has 13 heavy (non-hydrogen) atoms. The predicted octanol–water partition coefficient (Wildman–Crippen LogP) is 1.25. The van der Waals surface area contributed by atoms with Crippen molar-refractivity contribution in [3.63, 3.8) is 0 Å². The van der Waals surface area contributed by atoms with Gasteiger partial charge in [0.25, 0.3) is 0 Å². The Morgan fingerprint density at radius 2 is 2.46 bits per heavy atom. The molecule has 2 rings (SSSR count). The molecule has 1 saturated heterocycles. The van der Waals surface area contributed by atoms with E-state index in [4.69, 9.17) is 0 Å². The van der Waals surface area contributed by atoms with E-state index < -0.39 is 0 Å². The second-order valence-electron chi connectivity index (χ2n) is 3.40. The minimum Gasteiger partial charge on any atom is -0.366 e. The molecule has 2 N–H and O–H groups in total. The largest absolute Gasteiger partial charge is 0.366 e. The Hall–Kier alpha value is -1.09. The number of piperidine rings is 1. The minimum atomic E-state index is 0.545. The number of anilines is 1. The average Bonchev–Trinajstić information content (AvgIpc) is 2.21. The van der Waals surface area contributed by atoms with Gasteiger partial charge in [-0.25, -0.2) is 4.98 Å². The van der Waals surface area contributed by atoms with Gasteiger partial charge in [0.2, 0.25) is 0 Å². The van der Waals surface area contributed by atoms with Gasteiger partial charge in [-0.15, -0.1) is 0 Å². The normalized spacial score (nSPS) is 22.6. The Morgan fingerprint density at radius 3 is 3.15 bits per heavy atom. The Balaban J connectivity index is 1.90. The number of hydrogen-bond acceptors (Lipinski definition) is 3. The summed E-state index contributed by atoms with van der Waals surface area (Å²) in [5.74, 6) is 0.983. The van der Waals surface area contributed by atoms with Gasteiger partial charge in [-0.05, 0) is 31.5 Å². The monoisotopic (exact) mass is 177 g/mol. The Kier molecular flexibility index (Phi) is 2.77. The second-order valence-corrected chi connectivity index (χ2v) is 3.40. The van der Waals surface area contributed by atoms with Gasteiger partial charge in [-0.3, -0.25) is 0 Å². The summed E-state index contributed by atoms with van der Waals surface area (Å²) in [6, 6.07) is 6.49. The summed E-state index contributed by atoms with van der Waals surface area (Å²) in [4.78, 5) is 4.23. The van der Waals surface area contributed by atoms with E-state index in [1.165, 1.54) is 12.8 Å². The van der Waals surface area contributed by atoms with Crippen molar-refractivity contribution in [2.75, 3.05) is 18.4 Å². The highest BCUT2D eigenvalue weighted by Crippen LogP contribution is 2.08. The van der Waals surface area contributed by atoms with Crippen LogP contribution < -0.4 is 10.6 Å². The number of aromatic nitrogens is 1. The molecule has 1 unspecified atom stereocenters. The van der Waals surface area contributed by atoms with Crippen LogP contribution in [-0.2, 0) is 0 Å². The molecule has 1 aliphatic rings. The summed E-state index contributed by atoms with van der Waals surface area (Å²) in [7, 11) is 0. The second kappa shape index (κ2) is 4.23. The van der Waals surface area contributed by atoms with Crippen LogP contribution in [0.2, 0.25) is 0 Å². The lowest BCUT2D eigenvalue weighted by atomic mass is 10.1. The summed E-state index contributed by atoms with van der Waals surface area (Å²) in [5, 5.41) is 6.77. The van der Waals surface area contributed by atoms with E-state index >= 15 is 0 Å². The third kappa shape index (κ3) is 2.42. The zero-order valence-corrected chi connectivity index (χ0v) is 7.66. The fraction of sp³-hybridized carbons (Fsp3) is 0.500. The van der Waals surface area contributed by atoms with Crippen molar-refractivity contribution in [1.29, 1.82) is 0 Å². The number of pyridine rings is 1. The molecule has 1 aromatic heterocycles. The van der Waals surface area contributed by atoms with Gasteiger partial charge in [-0.1, -0.05) is 6.07 Å². The third-order valence-corrected chi connectivity index (χ3v) is 2.31. The molecule has 1 aliphatic heterocycles. The lowest BCUT2D eigenvalue weighted by Gasteiger charge is -2.24. The van der Waals surface area contributed by atoms with Crippen LogP contribution in [0.4, 0.5) is 5.82 Å². The van der Waals surface area contributed by atoms with Gasteiger partial charge in [0.05, 0.1) is 0 Å². The van der Waals surface area contributed by atoms with Gasteiger partial charge in [-0.2, -0.15) is 0 Å². The van der Waals surface area contributed by atoms with Crippen molar-refractivity contribution in [2.24, 2.45) is 0 Å². The summed E-state index contributed by atoms with van der Waals surface area (Å²) in [6.07, 6.45) is 4.31. The number of hydrogen-bond donors (Lipinski definition) is 2. The Morgan fingerprint density at radius 1 is 1.46 bits per heavy atom. The van der Waals surface area contributed by atoms with Crippen LogP contribution in [0.3, 0.4) is 0 Å². The minimum absolute atomic E-state index is 0.545. The van der Waals surface area contributed by atoms with Gasteiger partial charge in [0.1, 0.15) is 5.82 Å². The van der Waals surface area contributed by atoms with Crippen molar-refractivity contribution in [1.82, 2.24) is 10.3 Å². The Labute approximate surface area is 78.6 Å². The molecule has 2 heterocycles. The maximum absolute atomic E-state index is 4.23. The maximum atomic E-state index is 4.23. The maximum Gasteiger partial charge on any atom is 0.126 e. The molecule has 3 heteroatoms. The van der Waals surface area contributed by atoms with Gasteiger partial charge in [0.15, 0.2) is 0 Å². The molecule has 1 aromatic rings. The van der Waals surface area contributed by atoms with Gasteiger partial charge >= 0.3 is 0 Å². The topological polar surface area (TPSA) is 37.0 Å². The summed E-state index contributed by atoms with van der Waals surface area (Å²) >= 11 is 0. The highest BCUT2D eigenvalue weighted by atomic mass is 15.1. The predicted molar refractivity (Wildman–Crippen MR) is 53.8 cm³/mol. The van der Waals surface area contributed by atoms with Gasteiger partial charge < -0.3 is 10.6 Å². The smallest absolute Gasteiger partial charge is 0.126 e. The molecule has 0 bridgehead atoms. The first kappa shape index (κ1) is 8.51. The first-order valence-corrected chi connectivity index (χ1v) is 4.83. The lowest BCUT2D eigenvalue weighted by molar-refractivity contribution is 0.479. The van der Waals surface area contributed by atoms with Crippen LogP contribution in [0.5, 0.6) is 0 Å². The van der Waals surface area contributed by atoms with E-state index in [1.807, 2.05) is 24.4 Å². The van der Waals surface area contributed by atoms with Crippen molar-refractivity contribution < 1.29 is 0 Å². The van der Waals surface area contributed by atoms with Crippen molar-refractivity contribution >= 4 is 5.82 Å². The van der Waals surface area contributed by atoms with E-state index in [-0.39, 0.29) is 0 Å². The summed E-state index contributed by atoms with van der Waals surface area (Å²) < 4.78 is 0. The number of nitrogens with zero attached hydrogens (tertiary/aromatic N) is 1. The number of rotatable bonds is 2. The van der Waals surface area contributed by atoms with E-state index in [0.717, 1.165) is 18.9 Å². The van der Waals surface area contributed by atoms with Crippen LogP contribution in [0.1, 0.15) is 12.8 Å². The summed E-state index contributed by atoms with van der Waals surface area (Å²) in [5.41, 5.74) is 0. The molecule has 0 amide bonds. The fourth-order valence-corrected chi connectivity index (χ4v) is 1.63. The number of nitrogens with one attached hydrogen (secondary N) is 2. The van der Waals surface area contributed by atoms with Crippen molar-refractivity contribution in [2.45, 2.75) is 18.9 Å². The molecule has 1 atom stereocenters. The molecule has 1 fully saturated rings. The van der Waals surface area contributed by atoms with Crippen LogP contribution in [0.15, 0.2) is 24.4 Å². The van der Waals surface area contributed by atoms with E-state index in [2.05, 4.69) is 15.6 Å². The van der Waals surface area contributed by atoms with E-state index in [0.29, 0.717) is 6.04 Å². The first-order chi connectivity index (χ1) is 6.45. The highest BCUT2D eigenvalue weighted by Gasteiger charge is 2.11. The van der Waals surface area contributed by atoms with Crippen LogP contribution in [0, 0.1) is 0 Å². The first-order valence-electron chi connectivity index (χ1n) is 4.83. The molecule has 0 aliphatic carbocycles. The molecular formula is C10H15N3. The molecule has 3 nitrogen and oxygen atoms in total. The zero-order valence-electron chi connectivity index (χ0n) is 7.66. The fourth-order valence-electron chi connectivity index (χ4n) is 1.63. The standard InChI is InChI=1S/C10H15N3/c1-2-7-12-10(5-1)13-9-4-3-6-11-8-9/h1-2,5,7,9,11H,3-4,6,8H2,(H,12,13). The molecule has 0 aromatic carbocycles. The SMILES string of the molecule is c1ccc(NC2CCCNC2)nc1. The van der Waals surface area contributed by atoms with Gasteiger partial charge in [0, 0.05) is 18.8 Å². The average molecular weight is 177 g/mol. The van der Waals surface area contributed by atoms with Crippen LogP contribution >= 0.6 is 0 Å². The molecule has 0 saturated carbocycles. The van der Waals surface area contributed by atoms with E-state index in [1.54, 1.807) is 0 Å². The van der Waals surface area contributed by atoms with E-state index in [9.17, 15) is 0 Å². The highest BCUT2D eigenvalue weighted by molar-refractivity contribution is 5.34. The quantitative estimate of drug-likeness (QED) is 0.713. The third-order valence-electron chi connectivity index (χ3n) is 2.31. The lowest BCUT2D eigenvalue weighted by Crippen LogP contribution is -2.38. The van der Waals surface area contributed by atoms with Crippen LogP contribution in [-0.4, -0.2) is 24.1 Å². The molecule has 0 spiro atoms. The van der Waals surface area contributed by atoms with Crippen molar-refractivity contribution in [3.8, 4) is 0 Å². The molecule has 0 radical (unpaired) electrons.